The zero-order valence-electron chi connectivity index (χ0n) is 18.4. The van der Waals surface area contributed by atoms with E-state index in [0.717, 1.165) is 12.8 Å². The number of aryl methyl sites for hydroxylation is 1. The molecule has 0 aromatic heterocycles. The van der Waals surface area contributed by atoms with E-state index in [1.54, 1.807) is 17.0 Å². The number of ether oxygens (including phenoxy) is 3. The molecule has 2 rings (SSSR count). The summed E-state index contributed by atoms with van der Waals surface area (Å²) in [7, 11) is 4.53. The third-order valence-corrected chi connectivity index (χ3v) is 5.00. The number of methoxy groups -OCH3 is 3. The first kappa shape index (κ1) is 24.1. The zero-order chi connectivity index (χ0) is 22.6. The van der Waals surface area contributed by atoms with Crippen molar-refractivity contribution in [3.05, 3.63) is 53.6 Å². The van der Waals surface area contributed by atoms with E-state index in [2.05, 4.69) is 12.1 Å². The third-order valence-electron chi connectivity index (χ3n) is 5.00. The van der Waals surface area contributed by atoms with Gasteiger partial charge in [0.15, 0.2) is 11.5 Å². The van der Waals surface area contributed by atoms with Gasteiger partial charge in [-0.3, -0.25) is 9.59 Å². The third kappa shape index (κ3) is 7.20. The van der Waals surface area contributed by atoms with Gasteiger partial charge in [0.25, 0.3) is 5.91 Å². The number of nitrogens with zero attached hydrogens (tertiary/aromatic N) is 1. The molecule has 168 valence electrons. The number of amides is 1. The van der Waals surface area contributed by atoms with Gasteiger partial charge in [0.05, 0.1) is 21.3 Å². The number of aliphatic carboxylic acids is 1. The lowest BCUT2D eigenvalue weighted by Crippen LogP contribution is -2.33. The summed E-state index contributed by atoms with van der Waals surface area (Å²) in [5.41, 5.74) is 1.65. The summed E-state index contributed by atoms with van der Waals surface area (Å²) in [5, 5.41) is 8.88. The molecular formula is C24H31NO6. The van der Waals surface area contributed by atoms with E-state index in [4.69, 9.17) is 19.3 Å². The maximum Gasteiger partial charge on any atom is 0.303 e. The summed E-state index contributed by atoms with van der Waals surface area (Å²) in [5.74, 6) is 0.286. The Morgan fingerprint density at radius 2 is 1.48 bits per heavy atom. The van der Waals surface area contributed by atoms with Crippen LogP contribution in [0.3, 0.4) is 0 Å². The minimum Gasteiger partial charge on any atom is -0.493 e. The van der Waals surface area contributed by atoms with Crippen LogP contribution in [0.1, 0.15) is 41.6 Å². The Kier molecular flexibility index (Phi) is 9.68. The molecule has 7 heteroatoms. The molecule has 31 heavy (non-hydrogen) atoms. The van der Waals surface area contributed by atoms with Crippen molar-refractivity contribution in [3.8, 4) is 17.2 Å². The highest BCUT2D eigenvalue weighted by Gasteiger charge is 2.21. The highest BCUT2D eigenvalue weighted by atomic mass is 16.5. The number of benzene rings is 2. The molecule has 0 fully saturated rings. The van der Waals surface area contributed by atoms with Gasteiger partial charge < -0.3 is 24.2 Å². The number of carbonyl (C=O) groups is 2. The van der Waals surface area contributed by atoms with Crippen LogP contribution in [0.4, 0.5) is 0 Å². The van der Waals surface area contributed by atoms with Gasteiger partial charge in [-0.1, -0.05) is 30.3 Å². The van der Waals surface area contributed by atoms with Gasteiger partial charge in [-0.05, 0) is 43.4 Å². The van der Waals surface area contributed by atoms with Crippen LogP contribution in [0.5, 0.6) is 17.2 Å². The maximum absolute atomic E-state index is 13.3. The quantitative estimate of drug-likeness (QED) is 0.484. The van der Waals surface area contributed by atoms with E-state index >= 15 is 0 Å². The zero-order valence-corrected chi connectivity index (χ0v) is 18.4. The van der Waals surface area contributed by atoms with Gasteiger partial charge in [0.2, 0.25) is 5.75 Å². The molecule has 1 amide bonds. The molecule has 0 unspecified atom stereocenters. The topological polar surface area (TPSA) is 85.3 Å². The number of carboxylic acid groups (broad SMARTS) is 1. The highest BCUT2D eigenvalue weighted by molar-refractivity contribution is 5.95. The van der Waals surface area contributed by atoms with Crippen LogP contribution in [0.15, 0.2) is 42.5 Å². The molecule has 0 atom stereocenters. The van der Waals surface area contributed by atoms with E-state index in [-0.39, 0.29) is 12.3 Å². The van der Waals surface area contributed by atoms with Crippen molar-refractivity contribution < 1.29 is 28.9 Å². The molecule has 0 aliphatic heterocycles. The van der Waals surface area contributed by atoms with E-state index in [0.29, 0.717) is 48.7 Å². The maximum atomic E-state index is 13.3. The van der Waals surface area contributed by atoms with Gasteiger partial charge in [-0.25, -0.2) is 0 Å². The summed E-state index contributed by atoms with van der Waals surface area (Å²) in [6, 6.07) is 13.4. The van der Waals surface area contributed by atoms with E-state index in [9.17, 15) is 9.59 Å². The second-order valence-corrected chi connectivity index (χ2v) is 7.15. The number of carbonyl (C=O) groups excluding carboxylic acids is 1. The lowest BCUT2D eigenvalue weighted by molar-refractivity contribution is -0.137. The Bertz CT molecular complexity index is 827. The van der Waals surface area contributed by atoms with Gasteiger partial charge in [-0.15, -0.1) is 0 Å². The first-order chi connectivity index (χ1) is 15.0. The van der Waals surface area contributed by atoms with Gasteiger partial charge in [0.1, 0.15) is 0 Å². The van der Waals surface area contributed by atoms with Crippen molar-refractivity contribution in [2.45, 2.75) is 32.1 Å². The van der Waals surface area contributed by atoms with Crippen LogP contribution in [0, 0.1) is 0 Å². The summed E-state index contributed by atoms with van der Waals surface area (Å²) in [6.45, 7) is 1.05. The Labute approximate surface area is 183 Å². The number of unbranched alkanes of at least 4 members (excludes halogenated alkanes) is 1. The van der Waals surface area contributed by atoms with Crippen LogP contribution in [0.2, 0.25) is 0 Å². The normalized spacial score (nSPS) is 10.4. The first-order valence-corrected chi connectivity index (χ1v) is 10.3. The average molecular weight is 430 g/mol. The predicted octanol–water partition coefficient (Wildman–Crippen LogP) is 4.04. The summed E-state index contributed by atoms with van der Waals surface area (Å²) in [6.07, 6.45) is 2.89. The molecule has 0 bridgehead atoms. The molecule has 2 aromatic carbocycles. The van der Waals surface area contributed by atoms with Crippen molar-refractivity contribution in [1.29, 1.82) is 0 Å². The van der Waals surface area contributed by atoms with Crippen molar-refractivity contribution >= 4 is 11.9 Å². The molecule has 0 aliphatic carbocycles. The van der Waals surface area contributed by atoms with Crippen LogP contribution in [-0.4, -0.2) is 56.3 Å². The second-order valence-electron chi connectivity index (χ2n) is 7.15. The molecule has 0 aliphatic rings. The molecule has 0 heterocycles. The minimum absolute atomic E-state index is 0.0935. The first-order valence-electron chi connectivity index (χ1n) is 10.3. The van der Waals surface area contributed by atoms with Crippen molar-refractivity contribution in [1.82, 2.24) is 4.90 Å². The molecule has 1 N–H and O–H groups in total. The fourth-order valence-electron chi connectivity index (χ4n) is 3.40. The number of hydrogen-bond donors (Lipinski definition) is 1. The Morgan fingerprint density at radius 1 is 0.871 bits per heavy atom. The van der Waals surface area contributed by atoms with Crippen molar-refractivity contribution in [2.75, 3.05) is 34.4 Å². The number of carboxylic acids is 1. The summed E-state index contributed by atoms with van der Waals surface area (Å²) >= 11 is 0. The fraction of sp³-hybridized carbons (Fsp3) is 0.417. The molecule has 0 radical (unpaired) electrons. The molecule has 0 spiro atoms. The van der Waals surface area contributed by atoms with Crippen LogP contribution < -0.4 is 14.2 Å². The highest BCUT2D eigenvalue weighted by Crippen LogP contribution is 2.38. The Morgan fingerprint density at radius 3 is 2.03 bits per heavy atom. The van der Waals surface area contributed by atoms with Crippen molar-refractivity contribution in [3.63, 3.8) is 0 Å². The lowest BCUT2D eigenvalue weighted by atomic mass is 10.1. The number of hydrogen-bond acceptors (Lipinski definition) is 5. The van der Waals surface area contributed by atoms with E-state index in [1.807, 2.05) is 18.2 Å². The second kappa shape index (κ2) is 12.5. The SMILES string of the molecule is COc1cc(C(=O)N(CCCCC(=O)O)CCCc2ccccc2)cc(OC)c1OC. The van der Waals surface area contributed by atoms with Gasteiger partial charge in [0, 0.05) is 25.1 Å². The average Bonchev–Trinajstić information content (AvgIpc) is 2.79. The van der Waals surface area contributed by atoms with E-state index in [1.165, 1.54) is 26.9 Å². The summed E-state index contributed by atoms with van der Waals surface area (Å²) in [4.78, 5) is 25.9. The standard InChI is InChI=1S/C24H31NO6/c1-29-20-16-19(17-21(30-2)23(20)31-3)24(28)25(14-8-7-13-22(26)27)15-9-12-18-10-5-4-6-11-18/h4-6,10-11,16-17H,7-9,12-15H2,1-3H3,(H,26,27). The molecule has 2 aromatic rings. The van der Waals surface area contributed by atoms with Crippen LogP contribution >= 0.6 is 0 Å². The monoisotopic (exact) mass is 429 g/mol. The van der Waals surface area contributed by atoms with E-state index < -0.39 is 5.97 Å². The van der Waals surface area contributed by atoms with Gasteiger partial charge >= 0.3 is 5.97 Å². The fourth-order valence-corrected chi connectivity index (χ4v) is 3.40. The smallest absolute Gasteiger partial charge is 0.303 e. The minimum atomic E-state index is -0.827. The lowest BCUT2D eigenvalue weighted by Gasteiger charge is -2.24. The van der Waals surface area contributed by atoms with Crippen LogP contribution in [0.25, 0.3) is 0 Å². The molecular weight excluding hydrogens is 398 g/mol. The van der Waals surface area contributed by atoms with Gasteiger partial charge in [-0.2, -0.15) is 0 Å². The van der Waals surface area contributed by atoms with Crippen LogP contribution in [-0.2, 0) is 11.2 Å². The molecule has 0 saturated heterocycles. The Hall–Kier alpha value is -3.22. The number of rotatable bonds is 13. The predicted molar refractivity (Wildman–Crippen MR) is 118 cm³/mol. The Balaban J connectivity index is 2.16. The molecule has 0 saturated carbocycles. The largest absolute Gasteiger partial charge is 0.493 e. The van der Waals surface area contributed by atoms with Crippen molar-refractivity contribution in [2.24, 2.45) is 0 Å². The molecule has 7 nitrogen and oxygen atoms in total. The summed E-state index contributed by atoms with van der Waals surface area (Å²) < 4.78 is 16.1.